The van der Waals surface area contributed by atoms with Crippen LogP contribution in [0, 0.1) is 40.4 Å². The minimum atomic E-state index is -0.0413. The Labute approximate surface area is 167 Å². The zero-order valence-electron chi connectivity index (χ0n) is 18.2. The van der Waals surface area contributed by atoms with Gasteiger partial charge in [-0.05, 0) is 105 Å². The molecule has 1 N–H and O–H groups in total. The van der Waals surface area contributed by atoms with Gasteiger partial charge in [-0.15, -0.1) is 0 Å². The van der Waals surface area contributed by atoms with E-state index in [2.05, 4.69) is 45.9 Å². The second-order valence-electron chi connectivity index (χ2n) is 11.3. The van der Waals surface area contributed by atoms with Crippen LogP contribution in [0.1, 0.15) is 91.9 Å². The number of aliphatic hydroxyl groups is 1. The smallest absolute Gasteiger partial charge is 0.0543 e. The van der Waals surface area contributed by atoms with E-state index in [0.717, 1.165) is 42.4 Å². The predicted octanol–water partition coefficient (Wildman–Crippen LogP) is 6.92. The van der Waals surface area contributed by atoms with Crippen molar-refractivity contribution >= 4 is 0 Å². The van der Waals surface area contributed by atoms with Gasteiger partial charge < -0.3 is 5.11 Å². The Morgan fingerprint density at radius 3 is 2.56 bits per heavy atom. The molecule has 4 rings (SSSR count). The molecule has 0 saturated heterocycles. The maximum atomic E-state index is 10.2. The first-order valence-electron chi connectivity index (χ1n) is 11.9. The van der Waals surface area contributed by atoms with E-state index in [0.29, 0.717) is 10.8 Å². The van der Waals surface area contributed by atoms with E-state index in [1.54, 1.807) is 0 Å². The highest BCUT2D eigenvalue weighted by molar-refractivity contribution is 5.27. The first-order chi connectivity index (χ1) is 12.8. The molecule has 1 nitrogen and oxygen atoms in total. The molecule has 4 aliphatic rings. The molecule has 0 spiro atoms. The summed E-state index contributed by atoms with van der Waals surface area (Å²) in [6.07, 6.45) is 20.3. The fourth-order valence-corrected chi connectivity index (χ4v) is 7.61. The molecule has 0 heterocycles. The number of fused-ring (bicyclic) bond motifs is 5. The van der Waals surface area contributed by atoms with Crippen LogP contribution in [0.5, 0.6) is 0 Å². The van der Waals surface area contributed by atoms with Gasteiger partial charge in [0.05, 0.1) is 6.10 Å². The van der Waals surface area contributed by atoms with Gasteiger partial charge in [0, 0.05) is 0 Å². The lowest BCUT2D eigenvalue weighted by molar-refractivity contribution is -0.0396. The van der Waals surface area contributed by atoms with E-state index < -0.39 is 0 Å². The third-order valence-corrected chi connectivity index (χ3v) is 9.44. The zero-order chi connectivity index (χ0) is 19.2. The van der Waals surface area contributed by atoms with Crippen molar-refractivity contribution in [3.05, 3.63) is 23.8 Å². The summed E-state index contributed by atoms with van der Waals surface area (Å²) >= 11 is 0. The fourth-order valence-electron chi connectivity index (χ4n) is 7.61. The van der Waals surface area contributed by atoms with Crippen LogP contribution in [0.2, 0.25) is 0 Å². The first-order valence-corrected chi connectivity index (χ1v) is 11.9. The molecule has 0 amide bonds. The second kappa shape index (κ2) is 7.36. The van der Waals surface area contributed by atoms with Gasteiger partial charge in [0.25, 0.3) is 0 Å². The predicted molar refractivity (Wildman–Crippen MR) is 114 cm³/mol. The Kier molecular flexibility index (Phi) is 5.38. The first kappa shape index (κ1) is 19.7. The molecule has 0 radical (unpaired) electrons. The summed E-state index contributed by atoms with van der Waals surface area (Å²) < 4.78 is 0. The van der Waals surface area contributed by atoms with Gasteiger partial charge in [0.15, 0.2) is 0 Å². The maximum absolute atomic E-state index is 10.2. The van der Waals surface area contributed by atoms with Crippen molar-refractivity contribution in [1.29, 1.82) is 0 Å². The van der Waals surface area contributed by atoms with Gasteiger partial charge in [-0.1, -0.05) is 51.5 Å². The molecule has 0 aromatic heterocycles. The largest absolute Gasteiger partial charge is 0.393 e. The standard InChI is InChI=1S/C26H42O/c1-18(2)7-5-6-8-19-10-12-23-22-11-9-20-17-21(27)13-15-26(20,4)24(22)14-16-25(19,23)3/h5-6,11,18-21,23-24,27H,7-10,12-17H2,1-4H3/b6-5+. The van der Waals surface area contributed by atoms with E-state index in [1.807, 2.05) is 5.57 Å². The highest BCUT2D eigenvalue weighted by Gasteiger charge is 2.57. The summed E-state index contributed by atoms with van der Waals surface area (Å²) in [4.78, 5) is 0. The Morgan fingerprint density at radius 2 is 1.78 bits per heavy atom. The lowest BCUT2D eigenvalue weighted by Crippen LogP contribution is -2.49. The number of rotatable bonds is 4. The number of allylic oxidation sites excluding steroid dienone is 4. The monoisotopic (exact) mass is 370 g/mol. The van der Waals surface area contributed by atoms with Gasteiger partial charge >= 0.3 is 0 Å². The van der Waals surface area contributed by atoms with Gasteiger partial charge in [-0.2, -0.15) is 0 Å². The van der Waals surface area contributed by atoms with Crippen LogP contribution < -0.4 is 0 Å². The van der Waals surface area contributed by atoms with Crippen LogP contribution in [-0.2, 0) is 0 Å². The van der Waals surface area contributed by atoms with Crippen molar-refractivity contribution in [2.75, 3.05) is 0 Å². The average molecular weight is 371 g/mol. The molecule has 7 unspecified atom stereocenters. The molecular weight excluding hydrogens is 328 g/mol. The van der Waals surface area contributed by atoms with Crippen LogP contribution in [0.25, 0.3) is 0 Å². The molecule has 27 heavy (non-hydrogen) atoms. The van der Waals surface area contributed by atoms with Crippen molar-refractivity contribution in [2.24, 2.45) is 40.4 Å². The lowest BCUT2D eigenvalue weighted by Gasteiger charge is -2.57. The van der Waals surface area contributed by atoms with E-state index in [1.165, 1.54) is 51.4 Å². The van der Waals surface area contributed by atoms with E-state index in [4.69, 9.17) is 0 Å². The lowest BCUT2D eigenvalue weighted by atomic mass is 9.48. The van der Waals surface area contributed by atoms with Crippen LogP contribution in [0.4, 0.5) is 0 Å². The summed E-state index contributed by atoms with van der Waals surface area (Å²) in [6, 6.07) is 0. The van der Waals surface area contributed by atoms with Crippen LogP contribution in [0.15, 0.2) is 23.8 Å². The van der Waals surface area contributed by atoms with Crippen molar-refractivity contribution in [1.82, 2.24) is 0 Å². The van der Waals surface area contributed by atoms with Crippen molar-refractivity contribution in [3.63, 3.8) is 0 Å². The molecule has 0 aromatic carbocycles. The molecule has 0 aliphatic heterocycles. The Hall–Kier alpha value is -0.560. The third kappa shape index (κ3) is 3.37. The Bertz CT molecular complexity index is 601. The normalized spacial score (nSPS) is 46.9. The van der Waals surface area contributed by atoms with E-state index in [9.17, 15) is 5.11 Å². The van der Waals surface area contributed by atoms with Gasteiger partial charge in [-0.3, -0.25) is 0 Å². The topological polar surface area (TPSA) is 20.2 Å². The summed E-state index contributed by atoms with van der Waals surface area (Å²) in [7, 11) is 0. The molecule has 7 atom stereocenters. The van der Waals surface area contributed by atoms with Crippen molar-refractivity contribution < 1.29 is 5.11 Å². The molecule has 3 fully saturated rings. The quantitative estimate of drug-likeness (QED) is 0.533. The molecule has 4 aliphatic carbocycles. The van der Waals surface area contributed by atoms with Crippen molar-refractivity contribution in [2.45, 2.75) is 98.0 Å². The van der Waals surface area contributed by atoms with E-state index >= 15 is 0 Å². The molecule has 3 saturated carbocycles. The van der Waals surface area contributed by atoms with Crippen LogP contribution in [-0.4, -0.2) is 11.2 Å². The van der Waals surface area contributed by atoms with Crippen molar-refractivity contribution in [3.8, 4) is 0 Å². The molecule has 0 aromatic rings. The molecule has 152 valence electrons. The zero-order valence-corrected chi connectivity index (χ0v) is 18.2. The van der Waals surface area contributed by atoms with Gasteiger partial charge in [-0.25, -0.2) is 0 Å². The maximum Gasteiger partial charge on any atom is 0.0543 e. The Balaban J connectivity index is 1.50. The summed E-state index contributed by atoms with van der Waals surface area (Å²) in [6.45, 7) is 9.82. The molecular formula is C26H42O. The number of aliphatic hydroxyl groups excluding tert-OH is 1. The summed E-state index contributed by atoms with van der Waals surface area (Å²) in [5.74, 6) is 4.02. The van der Waals surface area contributed by atoms with Gasteiger partial charge in [0.2, 0.25) is 0 Å². The third-order valence-electron chi connectivity index (χ3n) is 9.44. The van der Waals surface area contributed by atoms with Crippen LogP contribution in [0.3, 0.4) is 0 Å². The highest BCUT2D eigenvalue weighted by atomic mass is 16.3. The minimum Gasteiger partial charge on any atom is -0.393 e. The number of hydrogen-bond donors (Lipinski definition) is 1. The van der Waals surface area contributed by atoms with Gasteiger partial charge in [0.1, 0.15) is 0 Å². The molecule has 1 heteroatoms. The summed E-state index contributed by atoms with van der Waals surface area (Å²) in [5.41, 5.74) is 2.84. The Morgan fingerprint density at radius 1 is 1.04 bits per heavy atom. The summed E-state index contributed by atoms with van der Waals surface area (Å²) in [5, 5.41) is 10.2. The second-order valence-corrected chi connectivity index (χ2v) is 11.3. The molecule has 0 bridgehead atoms. The van der Waals surface area contributed by atoms with Crippen LogP contribution >= 0.6 is 0 Å². The SMILES string of the molecule is CC(C)C/C=C/CC1CCC2C3=CCC4CC(O)CCC4(C)C3CCC12C. The average Bonchev–Trinajstić information content (AvgIpc) is 2.96. The fraction of sp³-hybridized carbons (Fsp3) is 0.846. The van der Waals surface area contributed by atoms with E-state index in [-0.39, 0.29) is 6.10 Å². The highest BCUT2D eigenvalue weighted by Crippen LogP contribution is 2.66. The number of hydrogen-bond acceptors (Lipinski definition) is 1. The minimum absolute atomic E-state index is 0.0413.